The predicted molar refractivity (Wildman–Crippen MR) is 126 cm³/mol. The molecule has 1 atom stereocenters. The summed E-state index contributed by atoms with van der Waals surface area (Å²) in [6.45, 7) is 5.43. The van der Waals surface area contributed by atoms with Gasteiger partial charge in [-0.25, -0.2) is 8.42 Å². The van der Waals surface area contributed by atoms with Crippen molar-refractivity contribution in [2.24, 2.45) is 5.92 Å². The van der Waals surface area contributed by atoms with Gasteiger partial charge in [-0.3, -0.25) is 4.79 Å². The van der Waals surface area contributed by atoms with Crippen LogP contribution >= 0.6 is 0 Å². The van der Waals surface area contributed by atoms with Gasteiger partial charge in [0.15, 0.2) is 21.9 Å². The quantitative estimate of drug-likeness (QED) is 0.481. The highest BCUT2D eigenvalue weighted by molar-refractivity contribution is 7.93. The van der Waals surface area contributed by atoms with Crippen molar-refractivity contribution in [2.45, 2.75) is 94.5 Å². The average Bonchev–Trinajstić information content (AvgIpc) is 3.49. The Labute approximate surface area is 203 Å². The topological polar surface area (TPSA) is 105 Å². The van der Waals surface area contributed by atoms with Gasteiger partial charge in [0.05, 0.1) is 24.5 Å². The number of aromatic nitrogens is 1. The van der Waals surface area contributed by atoms with Crippen LogP contribution in [-0.2, 0) is 40.7 Å². The van der Waals surface area contributed by atoms with E-state index in [1.54, 1.807) is 0 Å². The minimum atomic E-state index is -3.62. The van der Waals surface area contributed by atoms with Crippen molar-refractivity contribution in [3.8, 4) is 0 Å². The zero-order chi connectivity index (χ0) is 24.2. The Bertz CT molecular complexity index is 921. The van der Waals surface area contributed by atoms with Gasteiger partial charge in [0.2, 0.25) is 0 Å². The summed E-state index contributed by atoms with van der Waals surface area (Å²) in [4.78, 5) is 13.1. The molecular formula is C25H39NO7S. The van der Waals surface area contributed by atoms with Crippen molar-refractivity contribution in [1.82, 2.24) is 5.16 Å². The van der Waals surface area contributed by atoms with Gasteiger partial charge in [-0.15, -0.1) is 0 Å². The van der Waals surface area contributed by atoms with Gasteiger partial charge < -0.3 is 18.7 Å². The lowest BCUT2D eigenvalue weighted by atomic mass is 9.83. The summed E-state index contributed by atoms with van der Waals surface area (Å²) in [5, 5.41) is 4.31. The van der Waals surface area contributed by atoms with E-state index in [0.717, 1.165) is 57.2 Å². The number of ether oxygens (including phenoxy) is 3. The number of sulfone groups is 1. The molecule has 1 aromatic rings. The Balaban J connectivity index is 1.40. The maximum Gasteiger partial charge on any atom is 0.162 e. The van der Waals surface area contributed by atoms with Crippen molar-refractivity contribution < 1.29 is 31.9 Å². The van der Waals surface area contributed by atoms with E-state index in [1.165, 1.54) is 13.8 Å². The molecule has 2 aliphatic heterocycles. The number of carbonyl (C=O) groups excluding carboxylic acids is 1. The van der Waals surface area contributed by atoms with Gasteiger partial charge in [-0.1, -0.05) is 18.0 Å². The molecule has 1 aromatic heterocycles. The number of hydrogen-bond acceptors (Lipinski definition) is 8. The van der Waals surface area contributed by atoms with Crippen LogP contribution in [0.25, 0.3) is 0 Å². The molecule has 0 spiro atoms. The molecule has 8 nitrogen and oxygen atoms in total. The van der Waals surface area contributed by atoms with Crippen LogP contribution in [0.1, 0.15) is 83.1 Å². The first-order valence-corrected chi connectivity index (χ1v) is 14.4. The first kappa shape index (κ1) is 25.8. The Hall–Kier alpha value is -1.29. The van der Waals surface area contributed by atoms with Crippen LogP contribution in [0.5, 0.6) is 0 Å². The maximum atomic E-state index is 13.1. The number of hydrogen-bond donors (Lipinski definition) is 0. The maximum absolute atomic E-state index is 13.1. The van der Waals surface area contributed by atoms with Gasteiger partial charge in [0.1, 0.15) is 10.5 Å². The summed E-state index contributed by atoms with van der Waals surface area (Å²) in [5.41, 5.74) is 0.558. The molecule has 9 heteroatoms. The molecule has 0 bridgehead atoms. The Morgan fingerprint density at radius 1 is 1.12 bits per heavy atom. The van der Waals surface area contributed by atoms with E-state index in [1.807, 2.05) is 6.07 Å². The number of carbonyl (C=O) groups is 1. The summed E-state index contributed by atoms with van der Waals surface area (Å²) >= 11 is 0. The third kappa shape index (κ3) is 5.74. The number of rotatable bonds is 10. The van der Waals surface area contributed by atoms with Crippen molar-refractivity contribution in [2.75, 3.05) is 32.2 Å². The van der Waals surface area contributed by atoms with Gasteiger partial charge in [0, 0.05) is 31.3 Å². The van der Waals surface area contributed by atoms with Crippen LogP contribution in [0.15, 0.2) is 10.6 Å². The highest BCUT2D eigenvalue weighted by atomic mass is 32.2. The summed E-state index contributed by atoms with van der Waals surface area (Å²) in [7, 11) is -3.62. The van der Waals surface area contributed by atoms with Crippen molar-refractivity contribution in [3.63, 3.8) is 0 Å². The lowest BCUT2D eigenvalue weighted by Crippen LogP contribution is -2.44. The fraction of sp³-hybridized carbons (Fsp3) is 0.840. The average molecular weight is 498 g/mol. The lowest BCUT2D eigenvalue weighted by Gasteiger charge is -2.30. The third-order valence-corrected chi connectivity index (χ3v) is 10.6. The van der Waals surface area contributed by atoms with E-state index < -0.39 is 14.6 Å². The SMILES string of the molecule is CC(C)(C(=O)Cc1cc(C2(COC3CCCCO3)CCCC2)no1)S(=O)(=O)CC1CCOCC1. The van der Waals surface area contributed by atoms with Gasteiger partial charge in [-0.05, 0) is 64.7 Å². The molecule has 0 amide bonds. The van der Waals surface area contributed by atoms with Crippen LogP contribution in [-0.4, -0.2) is 62.6 Å². The molecule has 0 aromatic carbocycles. The molecule has 4 rings (SSSR count). The second-order valence-corrected chi connectivity index (χ2v) is 13.3. The van der Waals surface area contributed by atoms with Crippen LogP contribution < -0.4 is 0 Å². The van der Waals surface area contributed by atoms with E-state index in [2.05, 4.69) is 5.16 Å². The second-order valence-electron chi connectivity index (χ2n) is 10.7. The molecule has 0 N–H and O–H groups in total. The van der Waals surface area contributed by atoms with Gasteiger partial charge >= 0.3 is 0 Å². The largest absolute Gasteiger partial charge is 0.381 e. The Morgan fingerprint density at radius 2 is 1.85 bits per heavy atom. The molecule has 1 unspecified atom stereocenters. The van der Waals surface area contributed by atoms with Gasteiger partial charge in [-0.2, -0.15) is 0 Å². The number of nitrogens with zero attached hydrogens (tertiary/aromatic N) is 1. The van der Waals surface area contributed by atoms with Gasteiger partial charge in [0.25, 0.3) is 0 Å². The monoisotopic (exact) mass is 497 g/mol. The third-order valence-electron chi connectivity index (χ3n) is 7.93. The normalized spacial score (nSPS) is 24.4. The highest BCUT2D eigenvalue weighted by Gasteiger charge is 2.44. The van der Waals surface area contributed by atoms with Crippen molar-refractivity contribution >= 4 is 15.6 Å². The summed E-state index contributed by atoms with van der Waals surface area (Å²) in [5.74, 6) is 0.0997. The highest BCUT2D eigenvalue weighted by Crippen LogP contribution is 2.41. The number of Topliss-reactive ketones (excluding diaryl/α,β-unsaturated/α-hetero) is 1. The molecule has 3 heterocycles. The van der Waals surface area contributed by atoms with E-state index in [0.29, 0.717) is 38.4 Å². The van der Waals surface area contributed by atoms with Crippen LogP contribution in [0.3, 0.4) is 0 Å². The molecule has 0 radical (unpaired) electrons. The fourth-order valence-corrected chi connectivity index (χ4v) is 7.03. The van der Waals surface area contributed by atoms with Crippen LogP contribution in [0, 0.1) is 5.92 Å². The molecule has 2 saturated heterocycles. The standard InChI is InChI=1S/C25H39NO7S/c1-24(2,34(28,29)17-19-8-13-30-14-9-19)22(27)16-20-15-21(26-33-20)25(10-4-5-11-25)18-32-23-7-3-6-12-31-23/h15,19,23H,3-14,16-18H2,1-2H3. The fourth-order valence-electron chi connectivity index (χ4n) is 5.24. The minimum absolute atomic E-state index is 0.0143. The van der Waals surface area contributed by atoms with Crippen LogP contribution in [0.2, 0.25) is 0 Å². The zero-order valence-electron chi connectivity index (χ0n) is 20.6. The smallest absolute Gasteiger partial charge is 0.162 e. The predicted octanol–water partition coefficient (Wildman–Crippen LogP) is 3.76. The summed E-state index contributed by atoms with van der Waals surface area (Å²) in [6, 6.07) is 1.83. The number of ketones is 1. The molecule has 1 saturated carbocycles. The van der Waals surface area contributed by atoms with E-state index in [-0.39, 0.29) is 35.6 Å². The lowest BCUT2D eigenvalue weighted by molar-refractivity contribution is -0.172. The molecule has 3 fully saturated rings. The molecular weight excluding hydrogens is 458 g/mol. The molecule has 34 heavy (non-hydrogen) atoms. The van der Waals surface area contributed by atoms with E-state index in [4.69, 9.17) is 18.7 Å². The second kappa shape index (κ2) is 10.8. The molecule has 3 aliphatic rings. The molecule has 192 valence electrons. The first-order chi connectivity index (χ1) is 16.2. The van der Waals surface area contributed by atoms with Crippen molar-refractivity contribution in [1.29, 1.82) is 0 Å². The molecule has 1 aliphatic carbocycles. The summed E-state index contributed by atoms with van der Waals surface area (Å²) < 4.78 is 47.5. The minimum Gasteiger partial charge on any atom is -0.381 e. The van der Waals surface area contributed by atoms with Crippen molar-refractivity contribution in [3.05, 3.63) is 17.5 Å². The summed E-state index contributed by atoms with van der Waals surface area (Å²) in [6.07, 6.45) is 8.35. The van der Waals surface area contributed by atoms with Crippen LogP contribution in [0.4, 0.5) is 0 Å². The zero-order valence-corrected chi connectivity index (χ0v) is 21.4. The van der Waals surface area contributed by atoms with E-state index in [9.17, 15) is 13.2 Å². The Morgan fingerprint density at radius 3 is 2.53 bits per heavy atom. The first-order valence-electron chi connectivity index (χ1n) is 12.7. The Kier molecular flexibility index (Phi) is 8.17. The van der Waals surface area contributed by atoms with E-state index >= 15 is 0 Å².